The van der Waals surface area contributed by atoms with Gasteiger partial charge in [0.2, 0.25) is 0 Å². The molecule has 0 aliphatic heterocycles. The average Bonchev–Trinajstić information content (AvgIpc) is 2.42. The lowest BCUT2D eigenvalue weighted by Gasteiger charge is -2.10. The molecule has 0 radical (unpaired) electrons. The highest BCUT2D eigenvalue weighted by molar-refractivity contribution is 5.92. The normalized spacial score (nSPS) is 10.8. The maximum absolute atomic E-state index is 13.7. The quantitative estimate of drug-likeness (QED) is 0.660. The summed E-state index contributed by atoms with van der Waals surface area (Å²) in [6.07, 6.45) is 2.65. The molecule has 1 aromatic heterocycles. The first kappa shape index (κ1) is 13.7. The molecule has 104 valence electrons. The van der Waals surface area contributed by atoms with Gasteiger partial charge >= 0.3 is 0 Å². The molecule has 0 fully saturated rings. The van der Waals surface area contributed by atoms with Gasteiger partial charge < -0.3 is 15.9 Å². The number of nitrogens with zero attached hydrogens (tertiary/aromatic N) is 3. The largest absolute Gasteiger partial charge is 0.399 e. The maximum Gasteiger partial charge on any atom is 0.146 e. The van der Waals surface area contributed by atoms with Gasteiger partial charge in [0, 0.05) is 0 Å². The Labute approximate surface area is 115 Å². The Balaban J connectivity index is 2.40. The lowest BCUT2D eigenvalue weighted by molar-refractivity contribution is 0.215. The zero-order chi connectivity index (χ0) is 14.5. The van der Waals surface area contributed by atoms with E-state index in [1.807, 2.05) is 6.92 Å². The second kappa shape index (κ2) is 5.96. The molecule has 0 bridgehead atoms. The molecule has 7 heteroatoms. The number of nitrogen functional groups attached to an aromatic ring is 1. The number of halogens is 1. The maximum atomic E-state index is 13.7. The van der Waals surface area contributed by atoms with Crippen molar-refractivity contribution in [3.8, 4) is 0 Å². The third kappa shape index (κ3) is 3.00. The molecule has 0 spiro atoms. The van der Waals surface area contributed by atoms with E-state index in [-0.39, 0.29) is 11.6 Å². The van der Waals surface area contributed by atoms with E-state index in [0.717, 1.165) is 5.56 Å². The van der Waals surface area contributed by atoms with Crippen LogP contribution in [-0.4, -0.2) is 23.3 Å². The van der Waals surface area contributed by atoms with Crippen molar-refractivity contribution in [2.75, 3.05) is 18.2 Å². The van der Waals surface area contributed by atoms with Gasteiger partial charge in [-0.05, 0) is 24.6 Å². The molecule has 1 heterocycles. The summed E-state index contributed by atoms with van der Waals surface area (Å²) in [6.45, 7) is 1.87. The fourth-order valence-corrected chi connectivity index (χ4v) is 1.60. The van der Waals surface area contributed by atoms with Crippen molar-refractivity contribution >= 4 is 23.5 Å². The van der Waals surface area contributed by atoms with E-state index in [0.29, 0.717) is 17.1 Å². The second-order valence-corrected chi connectivity index (χ2v) is 4.05. The Morgan fingerprint density at radius 1 is 1.40 bits per heavy atom. The van der Waals surface area contributed by atoms with Gasteiger partial charge in [0.25, 0.3) is 0 Å². The second-order valence-electron chi connectivity index (χ2n) is 4.05. The molecule has 3 N–H and O–H groups in total. The van der Waals surface area contributed by atoms with Crippen LogP contribution in [0.3, 0.4) is 0 Å². The summed E-state index contributed by atoms with van der Waals surface area (Å²) in [5.74, 6) is 0.182. The Morgan fingerprint density at radius 2 is 2.20 bits per heavy atom. The summed E-state index contributed by atoms with van der Waals surface area (Å²) in [4.78, 5) is 12.5. The van der Waals surface area contributed by atoms with Gasteiger partial charge in [-0.1, -0.05) is 11.2 Å². The molecular weight excluding hydrogens is 261 g/mol. The van der Waals surface area contributed by atoms with E-state index in [4.69, 9.17) is 5.73 Å². The molecule has 0 aliphatic rings. The van der Waals surface area contributed by atoms with Crippen molar-refractivity contribution in [3.05, 3.63) is 41.5 Å². The minimum atomic E-state index is -0.387. The van der Waals surface area contributed by atoms with Gasteiger partial charge in [-0.2, -0.15) is 0 Å². The molecule has 2 rings (SSSR count). The van der Waals surface area contributed by atoms with Crippen LogP contribution in [0, 0.1) is 12.7 Å². The van der Waals surface area contributed by atoms with Crippen LogP contribution >= 0.6 is 0 Å². The number of benzene rings is 1. The number of aromatic nitrogens is 2. The van der Waals surface area contributed by atoms with Gasteiger partial charge in [0.05, 0.1) is 17.5 Å². The van der Waals surface area contributed by atoms with Gasteiger partial charge in [-0.15, -0.1) is 0 Å². The summed E-state index contributed by atoms with van der Waals surface area (Å²) in [5, 5.41) is 6.50. The molecule has 0 aliphatic carbocycles. The predicted octanol–water partition coefficient (Wildman–Crippen LogP) is 2.23. The number of aryl methyl sites for hydroxylation is 1. The number of oxime groups is 1. The van der Waals surface area contributed by atoms with E-state index in [1.54, 1.807) is 12.1 Å². The standard InChI is InChI=1S/C13H14FN5O/c1-8-3-4-10(14)11(5-8)19-13-9(6-18-20-2)12(15)16-7-17-13/h3-7H,1-2H3,(H3,15,16,17,19). The van der Waals surface area contributed by atoms with Crippen LogP contribution in [0.5, 0.6) is 0 Å². The number of rotatable bonds is 4. The highest BCUT2D eigenvalue weighted by Gasteiger charge is 2.10. The topological polar surface area (TPSA) is 85.4 Å². The summed E-state index contributed by atoms with van der Waals surface area (Å²) < 4.78 is 13.7. The van der Waals surface area contributed by atoms with E-state index in [9.17, 15) is 4.39 Å². The van der Waals surface area contributed by atoms with Crippen molar-refractivity contribution in [1.29, 1.82) is 0 Å². The highest BCUT2D eigenvalue weighted by Crippen LogP contribution is 2.23. The van der Waals surface area contributed by atoms with E-state index in [2.05, 4.69) is 25.3 Å². The molecule has 0 saturated heterocycles. The zero-order valence-corrected chi connectivity index (χ0v) is 11.1. The van der Waals surface area contributed by atoms with E-state index >= 15 is 0 Å². The smallest absolute Gasteiger partial charge is 0.146 e. The summed E-state index contributed by atoms with van der Waals surface area (Å²) in [6, 6.07) is 4.73. The van der Waals surface area contributed by atoms with Crippen molar-refractivity contribution in [2.45, 2.75) is 6.92 Å². The molecule has 0 saturated carbocycles. The number of nitrogens with one attached hydrogen (secondary N) is 1. The van der Waals surface area contributed by atoms with Gasteiger partial charge in [-0.25, -0.2) is 14.4 Å². The summed E-state index contributed by atoms with van der Waals surface area (Å²) in [5.41, 5.74) is 7.40. The van der Waals surface area contributed by atoms with Crippen LogP contribution in [0.2, 0.25) is 0 Å². The first-order valence-electron chi connectivity index (χ1n) is 5.82. The number of nitrogens with two attached hydrogens (primary N) is 1. The number of hydrogen-bond acceptors (Lipinski definition) is 6. The van der Waals surface area contributed by atoms with Gasteiger partial charge in [0.15, 0.2) is 0 Å². The fourth-order valence-electron chi connectivity index (χ4n) is 1.60. The first-order valence-corrected chi connectivity index (χ1v) is 5.82. The molecule has 6 nitrogen and oxygen atoms in total. The van der Waals surface area contributed by atoms with Crippen molar-refractivity contribution in [2.24, 2.45) is 5.16 Å². The molecule has 1 aromatic carbocycles. The Kier molecular flexibility index (Phi) is 4.09. The minimum Gasteiger partial charge on any atom is -0.399 e. The highest BCUT2D eigenvalue weighted by atomic mass is 19.1. The molecular formula is C13H14FN5O. The number of anilines is 3. The van der Waals surface area contributed by atoms with Crippen LogP contribution in [-0.2, 0) is 4.84 Å². The molecule has 0 amide bonds. The van der Waals surface area contributed by atoms with Crippen molar-refractivity contribution in [1.82, 2.24) is 9.97 Å². The van der Waals surface area contributed by atoms with E-state index < -0.39 is 0 Å². The van der Waals surface area contributed by atoms with Gasteiger partial charge in [-0.3, -0.25) is 0 Å². The SMILES string of the molecule is CON=Cc1c(N)ncnc1Nc1cc(C)ccc1F. The van der Waals surface area contributed by atoms with Crippen LogP contribution in [0.1, 0.15) is 11.1 Å². The van der Waals surface area contributed by atoms with Crippen LogP contribution < -0.4 is 11.1 Å². The third-order valence-corrected chi connectivity index (χ3v) is 2.58. The third-order valence-electron chi connectivity index (χ3n) is 2.58. The minimum absolute atomic E-state index is 0.219. The summed E-state index contributed by atoms with van der Waals surface area (Å²) >= 11 is 0. The molecule has 0 atom stereocenters. The van der Waals surface area contributed by atoms with Crippen LogP contribution in [0.25, 0.3) is 0 Å². The lowest BCUT2D eigenvalue weighted by Crippen LogP contribution is -2.06. The Morgan fingerprint density at radius 3 is 2.95 bits per heavy atom. The predicted molar refractivity (Wildman–Crippen MR) is 75.5 cm³/mol. The van der Waals surface area contributed by atoms with Crippen molar-refractivity contribution < 1.29 is 9.23 Å². The molecule has 20 heavy (non-hydrogen) atoms. The first-order chi connectivity index (χ1) is 9.61. The molecule has 0 unspecified atom stereocenters. The fraction of sp³-hybridized carbons (Fsp3) is 0.154. The van der Waals surface area contributed by atoms with Crippen LogP contribution in [0.15, 0.2) is 29.7 Å². The Hall–Kier alpha value is -2.70. The van der Waals surface area contributed by atoms with Gasteiger partial charge in [0.1, 0.15) is 30.9 Å². The lowest BCUT2D eigenvalue weighted by atomic mass is 10.2. The number of hydrogen-bond donors (Lipinski definition) is 2. The van der Waals surface area contributed by atoms with Crippen LogP contribution in [0.4, 0.5) is 21.7 Å². The van der Waals surface area contributed by atoms with E-state index in [1.165, 1.54) is 25.7 Å². The monoisotopic (exact) mass is 275 g/mol. The van der Waals surface area contributed by atoms with Crippen molar-refractivity contribution in [3.63, 3.8) is 0 Å². The zero-order valence-electron chi connectivity index (χ0n) is 11.1. The average molecular weight is 275 g/mol. The summed E-state index contributed by atoms with van der Waals surface area (Å²) in [7, 11) is 1.41. The molecule has 2 aromatic rings. The Bertz CT molecular complexity index is 645.